The van der Waals surface area contributed by atoms with Gasteiger partial charge in [0.2, 0.25) is 5.91 Å². The fourth-order valence-corrected chi connectivity index (χ4v) is 1.77. The van der Waals surface area contributed by atoms with E-state index < -0.39 is 30.4 Å². The molecule has 0 bridgehead atoms. The van der Waals surface area contributed by atoms with Gasteiger partial charge in [-0.25, -0.2) is 0 Å². The minimum absolute atomic E-state index is 0.0189. The van der Waals surface area contributed by atoms with Crippen molar-refractivity contribution in [1.82, 2.24) is 10.6 Å². The quantitative estimate of drug-likeness (QED) is 0.301. The third kappa shape index (κ3) is 2.89. The van der Waals surface area contributed by atoms with Crippen molar-refractivity contribution in [3.8, 4) is 0 Å². The summed E-state index contributed by atoms with van der Waals surface area (Å²) in [5.74, 6) is -0.286. The van der Waals surface area contributed by atoms with Crippen LogP contribution in [-0.2, 0) is 4.79 Å². The molecule has 1 rings (SSSR count). The zero-order valence-electron chi connectivity index (χ0n) is 9.00. The molecule has 16 heavy (non-hydrogen) atoms. The van der Waals surface area contributed by atoms with Crippen molar-refractivity contribution in [2.45, 2.75) is 37.3 Å². The van der Waals surface area contributed by atoms with Gasteiger partial charge in [0.05, 0.1) is 37.0 Å². The van der Waals surface area contributed by atoms with Crippen molar-refractivity contribution in [2.75, 3.05) is 13.2 Å². The lowest BCUT2D eigenvalue weighted by atomic mass is 10.0. The van der Waals surface area contributed by atoms with Crippen LogP contribution < -0.4 is 10.6 Å². The summed E-state index contributed by atoms with van der Waals surface area (Å²) < 4.78 is 0. The number of amides is 1. The van der Waals surface area contributed by atoms with Crippen molar-refractivity contribution < 1.29 is 25.2 Å². The molecule has 0 radical (unpaired) electrons. The molecule has 1 fully saturated rings. The Morgan fingerprint density at radius 2 is 2.06 bits per heavy atom. The fourth-order valence-electron chi connectivity index (χ4n) is 1.77. The van der Waals surface area contributed by atoms with Crippen LogP contribution in [0, 0.1) is 0 Å². The highest BCUT2D eigenvalue weighted by Gasteiger charge is 2.43. The second-order valence-electron chi connectivity index (χ2n) is 3.97. The molecule has 7 nitrogen and oxygen atoms in total. The van der Waals surface area contributed by atoms with E-state index in [4.69, 9.17) is 5.11 Å². The average Bonchev–Trinajstić information content (AvgIpc) is 2.52. The Morgan fingerprint density at radius 3 is 2.50 bits per heavy atom. The zero-order chi connectivity index (χ0) is 12.3. The molecule has 1 saturated heterocycles. The molecule has 94 valence electrons. The van der Waals surface area contributed by atoms with Gasteiger partial charge in [0, 0.05) is 13.5 Å². The van der Waals surface area contributed by atoms with Gasteiger partial charge in [0.25, 0.3) is 0 Å². The summed E-state index contributed by atoms with van der Waals surface area (Å²) in [6, 6.07) is -1.43. The standard InChI is InChI=1S/C9H18N2O5/c1-4(13)10-2-6(14)7-9(16)8(15)5(3-12)11-7/h5-9,11-12,14-16H,2-3H2,1H3,(H,10,13)/t5-,6?,7-,8-,9-/m1/s1. The molecule has 1 aliphatic heterocycles. The van der Waals surface area contributed by atoms with Crippen molar-refractivity contribution in [2.24, 2.45) is 0 Å². The molecular formula is C9H18N2O5. The van der Waals surface area contributed by atoms with Gasteiger partial charge in [-0.3, -0.25) is 4.79 Å². The van der Waals surface area contributed by atoms with Gasteiger partial charge in [-0.05, 0) is 0 Å². The fraction of sp³-hybridized carbons (Fsp3) is 0.889. The zero-order valence-corrected chi connectivity index (χ0v) is 9.00. The lowest BCUT2D eigenvalue weighted by Gasteiger charge is -2.22. The van der Waals surface area contributed by atoms with Gasteiger partial charge in [-0.2, -0.15) is 0 Å². The number of hydrogen-bond acceptors (Lipinski definition) is 6. The summed E-state index contributed by atoms with van der Waals surface area (Å²) in [7, 11) is 0. The molecule has 1 amide bonds. The van der Waals surface area contributed by atoms with Crippen LogP contribution in [0.1, 0.15) is 6.92 Å². The van der Waals surface area contributed by atoms with E-state index >= 15 is 0 Å². The Morgan fingerprint density at radius 1 is 1.44 bits per heavy atom. The average molecular weight is 234 g/mol. The molecule has 0 saturated carbocycles. The van der Waals surface area contributed by atoms with E-state index in [0.29, 0.717) is 0 Å². The Labute approximate surface area is 93.1 Å². The Kier molecular flexibility index (Phi) is 4.63. The predicted octanol–water partition coefficient (Wildman–Crippen LogP) is -3.46. The second kappa shape index (κ2) is 5.55. The third-order valence-electron chi connectivity index (χ3n) is 2.71. The molecular weight excluding hydrogens is 216 g/mol. The lowest BCUT2D eigenvalue weighted by Crippen LogP contribution is -2.49. The first-order valence-corrected chi connectivity index (χ1v) is 5.13. The van der Waals surface area contributed by atoms with Crippen LogP contribution in [0.15, 0.2) is 0 Å². The Bertz CT molecular complexity index is 250. The highest BCUT2D eigenvalue weighted by atomic mass is 16.3. The number of carbonyl (C=O) groups is 1. The molecule has 7 heteroatoms. The number of hydrogen-bond donors (Lipinski definition) is 6. The minimum atomic E-state index is -1.17. The number of aliphatic hydroxyl groups excluding tert-OH is 4. The summed E-state index contributed by atoms with van der Waals surface area (Å²) in [5, 5.41) is 42.8. The normalized spacial score (nSPS) is 36.1. The maximum atomic E-state index is 10.6. The summed E-state index contributed by atoms with van der Waals surface area (Å²) in [4.78, 5) is 10.6. The van der Waals surface area contributed by atoms with Gasteiger partial charge < -0.3 is 31.1 Å². The van der Waals surface area contributed by atoms with E-state index in [0.717, 1.165) is 0 Å². The smallest absolute Gasteiger partial charge is 0.216 e. The second-order valence-corrected chi connectivity index (χ2v) is 3.97. The van der Waals surface area contributed by atoms with Crippen molar-refractivity contribution in [3.05, 3.63) is 0 Å². The Balaban J connectivity index is 2.50. The largest absolute Gasteiger partial charge is 0.395 e. The van der Waals surface area contributed by atoms with Crippen LogP contribution in [-0.4, -0.2) is 69.9 Å². The number of nitrogens with one attached hydrogen (secondary N) is 2. The lowest BCUT2D eigenvalue weighted by molar-refractivity contribution is -0.119. The summed E-state index contributed by atoms with van der Waals surface area (Å²) in [5.41, 5.74) is 0. The molecule has 6 N–H and O–H groups in total. The first-order valence-electron chi connectivity index (χ1n) is 5.13. The SMILES string of the molecule is CC(=O)NCC(O)[C@H]1N[C@H](CO)[C@@H](O)[C@@H]1O. The molecule has 1 heterocycles. The first-order chi connectivity index (χ1) is 7.47. The number of rotatable bonds is 4. The van der Waals surface area contributed by atoms with Gasteiger partial charge in [-0.1, -0.05) is 0 Å². The van der Waals surface area contributed by atoms with Crippen molar-refractivity contribution in [3.63, 3.8) is 0 Å². The van der Waals surface area contributed by atoms with E-state index in [1.807, 2.05) is 0 Å². The topological polar surface area (TPSA) is 122 Å². The molecule has 1 unspecified atom stereocenters. The molecule has 5 atom stereocenters. The number of aliphatic hydroxyl groups is 4. The third-order valence-corrected chi connectivity index (χ3v) is 2.71. The van der Waals surface area contributed by atoms with Crippen molar-refractivity contribution in [1.29, 1.82) is 0 Å². The minimum Gasteiger partial charge on any atom is -0.395 e. The number of carbonyl (C=O) groups excluding carboxylic acids is 1. The highest BCUT2D eigenvalue weighted by molar-refractivity contribution is 5.72. The maximum absolute atomic E-state index is 10.6. The van der Waals surface area contributed by atoms with E-state index in [-0.39, 0.29) is 19.1 Å². The molecule has 0 spiro atoms. The molecule has 0 aliphatic carbocycles. The first kappa shape index (κ1) is 13.3. The highest BCUT2D eigenvalue weighted by Crippen LogP contribution is 2.16. The summed E-state index contributed by atoms with van der Waals surface area (Å²) in [6.07, 6.45) is -3.31. The van der Waals surface area contributed by atoms with E-state index in [2.05, 4.69) is 10.6 Å². The van der Waals surface area contributed by atoms with Crippen LogP contribution in [0.2, 0.25) is 0 Å². The summed E-state index contributed by atoms with van der Waals surface area (Å²) >= 11 is 0. The molecule has 0 aromatic carbocycles. The van der Waals surface area contributed by atoms with Crippen molar-refractivity contribution >= 4 is 5.91 Å². The van der Waals surface area contributed by atoms with Crippen LogP contribution in [0.4, 0.5) is 0 Å². The van der Waals surface area contributed by atoms with Crippen LogP contribution >= 0.6 is 0 Å². The van der Waals surface area contributed by atoms with Gasteiger partial charge >= 0.3 is 0 Å². The molecule has 1 aliphatic rings. The Hall–Kier alpha value is -0.730. The van der Waals surface area contributed by atoms with Crippen LogP contribution in [0.3, 0.4) is 0 Å². The van der Waals surface area contributed by atoms with Crippen LogP contribution in [0.5, 0.6) is 0 Å². The maximum Gasteiger partial charge on any atom is 0.216 e. The van der Waals surface area contributed by atoms with E-state index in [1.54, 1.807) is 0 Å². The summed E-state index contributed by atoms with van der Waals surface area (Å²) in [6.45, 7) is 0.965. The van der Waals surface area contributed by atoms with Gasteiger partial charge in [0.15, 0.2) is 0 Å². The van der Waals surface area contributed by atoms with E-state index in [9.17, 15) is 20.1 Å². The molecule has 0 aromatic rings. The van der Waals surface area contributed by atoms with Gasteiger partial charge in [0.1, 0.15) is 0 Å². The molecule has 0 aromatic heterocycles. The monoisotopic (exact) mass is 234 g/mol. The predicted molar refractivity (Wildman–Crippen MR) is 54.5 cm³/mol. The van der Waals surface area contributed by atoms with Crippen LogP contribution in [0.25, 0.3) is 0 Å². The van der Waals surface area contributed by atoms with Gasteiger partial charge in [-0.15, -0.1) is 0 Å². The van der Waals surface area contributed by atoms with E-state index in [1.165, 1.54) is 6.92 Å².